The summed E-state index contributed by atoms with van der Waals surface area (Å²) < 4.78 is 4.83. The molecule has 0 bridgehead atoms. The Kier molecular flexibility index (Phi) is 2.05. The first kappa shape index (κ1) is 12.8. The number of hydrogen-bond donors (Lipinski definition) is 0. The summed E-state index contributed by atoms with van der Waals surface area (Å²) in [5.74, 6) is 0. The zero-order chi connectivity index (χ0) is 16.8. The van der Waals surface area contributed by atoms with E-state index in [2.05, 4.69) is 94.0 Å². The molecule has 0 amide bonds. The molecule has 0 saturated carbocycles. The minimum absolute atomic E-state index is 1.26. The fourth-order valence-corrected chi connectivity index (χ4v) is 4.84. The Hall–Kier alpha value is -3.52. The fraction of sp³-hybridized carbons (Fsp3) is 0. The molecule has 2 heteroatoms. The van der Waals surface area contributed by atoms with Crippen LogP contribution in [0, 0.1) is 0 Å². The second kappa shape index (κ2) is 4.17. The molecule has 0 aliphatic rings. The van der Waals surface area contributed by atoms with Crippen LogP contribution in [0.15, 0.2) is 84.9 Å². The third kappa shape index (κ3) is 1.26. The normalized spacial score (nSPS) is 12.6. The van der Waals surface area contributed by atoms with Crippen LogP contribution in [0.5, 0.6) is 0 Å². The number of rotatable bonds is 0. The summed E-state index contributed by atoms with van der Waals surface area (Å²) in [4.78, 5) is 0. The van der Waals surface area contributed by atoms with Crippen LogP contribution < -0.4 is 0 Å². The summed E-state index contributed by atoms with van der Waals surface area (Å²) in [5, 5.41) is 7.89. The standard InChI is InChI=1S/C24H14N2/c1-3-13-21-15(7-1)17-9-5-11-19-20-12-6-10-18-16-8-2-4-14-22(16)26(24(18)20)25(21)23(17)19/h1-14H. The van der Waals surface area contributed by atoms with Crippen LogP contribution in [0.1, 0.15) is 0 Å². The maximum absolute atomic E-state index is 2.41. The number of nitrogens with zero attached hydrogens (tertiary/aromatic N) is 2. The lowest BCUT2D eigenvalue weighted by molar-refractivity contribution is 0.932. The van der Waals surface area contributed by atoms with Crippen molar-refractivity contribution in [1.29, 1.82) is 0 Å². The van der Waals surface area contributed by atoms with Crippen LogP contribution >= 0.6 is 0 Å². The smallest absolute Gasteiger partial charge is 0.0795 e. The molecule has 7 aromatic rings. The van der Waals surface area contributed by atoms with Gasteiger partial charge in [0.05, 0.1) is 22.1 Å². The second-order valence-electron chi connectivity index (χ2n) is 7.06. The third-order valence-electron chi connectivity index (χ3n) is 5.83. The topological polar surface area (TPSA) is 8.82 Å². The molecule has 0 fully saturated rings. The molecule has 0 aliphatic heterocycles. The molecule has 120 valence electrons. The Morgan fingerprint density at radius 1 is 0.346 bits per heavy atom. The van der Waals surface area contributed by atoms with E-state index < -0.39 is 0 Å². The van der Waals surface area contributed by atoms with Crippen molar-refractivity contribution in [2.75, 3.05) is 0 Å². The van der Waals surface area contributed by atoms with Gasteiger partial charge in [-0.2, -0.15) is 0 Å². The molecule has 0 N–H and O–H groups in total. The Morgan fingerprint density at radius 3 is 1.15 bits per heavy atom. The van der Waals surface area contributed by atoms with Crippen molar-refractivity contribution < 1.29 is 0 Å². The van der Waals surface area contributed by atoms with Gasteiger partial charge in [-0.05, 0) is 12.1 Å². The van der Waals surface area contributed by atoms with Gasteiger partial charge in [0.15, 0.2) is 0 Å². The Labute approximate surface area is 148 Å². The molecule has 0 saturated heterocycles. The Morgan fingerprint density at radius 2 is 0.692 bits per heavy atom. The highest BCUT2D eigenvalue weighted by molar-refractivity contribution is 6.24. The summed E-state index contributed by atoms with van der Waals surface area (Å²) in [6, 6.07) is 30.8. The molecule has 7 rings (SSSR count). The minimum atomic E-state index is 1.26. The predicted molar refractivity (Wildman–Crippen MR) is 110 cm³/mol. The van der Waals surface area contributed by atoms with Gasteiger partial charge in [0.1, 0.15) is 0 Å². The average Bonchev–Trinajstić information content (AvgIpc) is 3.21. The summed E-state index contributed by atoms with van der Waals surface area (Å²) in [5.41, 5.74) is 5.12. The molecule has 0 radical (unpaired) electrons. The van der Waals surface area contributed by atoms with Crippen molar-refractivity contribution in [3.63, 3.8) is 0 Å². The summed E-state index contributed by atoms with van der Waals surface area (Å²) in [7, 11) is 0. The molecule has 3 heterocycles. The van der Waals surface area contributed by atoms with E-state index in [0.29, 0.717) is 0 Å². The van der Waals surface area contributed by atoms with Crippen LogP contribution in [0.2, 0.25) is 0 Å². The summed E-state index contributed by atoms with van der Waals surface area (Å²) in [6.45, 7) is 0. The lowest BCUT2D eigenvalue weighted by atomic mass is 10.0. The van der Waals surface area contributed by atoms with E-state index in [1.807, 2.05) is 0 Å². The first-order chi connectivity index (χ1) is 12.9. The average molecular weight is 330 g/mol. The second-order valence-corrected chi connectivity index (χ2v) is 7.06. The highest BCUT2D eigenvalue weighted by Gasteiger charge is 2.19. The van der Waals surface area contributed by atoms with Crippen LogP contribution in [0.4, 0.5) is 0 Å². The number of fused-ring (bicyclic) bond motifs is 8. The molecule has 3 aromatic heterocycles. The molecule has 2 nitrogen and oxygen atoms in total. The van der Waals surface area contributed by atoms with Gasteiger partial charge in [-0.1, -0.05) is 72.8 Å². The Bertz CT molecular complexity index is 1500. The van der Waals surface area contributed by atoms with Gasteiger partial charge in [0.2, 0.25) is 0 Å². The zero-order valence-electron chi connectivity index (χ0n) is 14.0. The first-order valence-corrected chi connectivity index (χ1v) is 8.99. The van der Waals surface area contributed by atoms with Crippen molar-refractivity contribution in [3.05, 3.63) is 84.9 Å². The minimum Gasteiger partial charge on any atom is -0.247 e. The van der Waals surface area contributed by atoms with Gasteiger partial charge < -0.3 is 0 Å². The van der Waals surface area contributed by atoms with E-state index in [1.54, 1.807) is 0 Å². The van der Waals surface area contributed by atoms with Crippen molar-refractivity contribution in [1.82, 2.24) is 9.03 Å². The van der Waals surface area contributed by atoms with E-state index in [1.165, 1.54) is 54.4 Å². The molecule has 0 aliphatic carbocycles. The number of benzene rings is 4. The van der Waals surface area contributed by atoms with Gasteiger partial charge in [0, 0.05) is 32.3 Å². The summed E-state index contributed by atoms with van der Waals surface area (Å²) in [6.07, 6.45) is 0. The van der Waals surface area contributed by atoms with Crippen LogP contribution in [0.25, 0.3) is 54.4 Å². The van der Waals surface area contributed by atoms with Gasteiger partial charge in [-0.25, -0.2) is 9.03 Å². The quantitative estimate of drug-likeness (QED) is 0.291. The molecule has 4 aromatic carbocycles. The molecular weight excluding hydrogens is 316 g/mol. The van der Waals surface area contributed by atoms with Crippen molar-refractivity contribution in [3.8, 4) is 0 Å². The van der Waals surface area contributed by atoms with Gasteiger partial charge in [-0.3, -0.25) is 0 Å². The molecule has 26 heavy (non-hydrogen) atoms. The van der Waals surface area contributed by atoms with Crippen LogP contribution in [-0.4, -0.2) is 9.03 Å². The van der Waals surface area contributed by atoms with Gasteiger partial charge in [0.25, 0.3) is 0 Å². The van der Waals surface area contributed by atoms with Crippen molar-refractivity contribution >= 4 is 54.4 Å². The number of hydrogen-bond acceptors (Lipinski definition) is 0. The van der Waals surface area contributed by atoms with E-state index in [0.717, 1.165) is 0 Å². The highest BCUT2D eigenvalue weighted by atomic mass is 15.3. The van der Waals surface area contributed by atoms with Crippen LogP contribution in [0.3, 0.4) is 0 Å². The first-order valence-electron chi connectivity index (χ1n) is 8.99. The SMILES string of the molecule is c1ccc2c(c1)c1cccc3c4cccc5c6ccccc6n(c54)n2c13. The summed E-state index contributed by atoms with van der Waals surface area (Å²) >= 11 is 0. The lowest BCUT2D eigenvalue weighted by Crippen LogP contribution is -2.00. The fourth-order valence-electron chi connectivity index (χ4n) is 4.84. The number of aromatic nitrogens is 2. The maximum atomic E-state index is 2.41. The van der Waals surface area contributed by atoms with Crippen LogP contribution in [-0.2, 0) is 0 Å². The largest absolute Gasteiger partial charge is 0.247 e. The molecule has 0 atom stereocenters. The van der Waals surface area contributed by atoms with E-state index in [4.69, 9.17) is 0 Å². The van der Waals surface area contributed by atoms with E-state index in [-0.39, 0.29) is 0 Å². The highest BCUT2D eigenvalue weighted by Crippen LogP contribution is 2.40. The van der Waals surface area contributed by atoms with Gasteiger partial charge in [-0.15, -0.1) is 0 Å². The molecule has 0 spiro atoms. The number of para-hydroxylation sites is 4. The Balaban J connectivity index is 2.04. The van der Waals surface area contributed by atoms with E-state index >= 15 is 0 Å². The zero-order valence-corrected chi connectivity index (χ0v) is 14.0. The lowest BCUT2D eigenvalue weighted by Gasteiger charge is -2.11. The van der Waals surface area contributed by atoms with Crippen molar-refractivity contribution in [2.45, 2.75) is 0 Å². The van der Waals surface area contributed by atoms with Gasteiger partial charge >= 0.3 is 0 Å². The third-order valence-corrected chi connectivity index (χ3v) is 5.83. The van der Waals surface area contributed by atoms with E-state index in [9.17, 15) is 0 Å². The molecule has 0 unspecified atom stereocenters. The van der Waals surface area contributed by atoms with Crippen molar-refractivity contribution in [2.24, 2.45) is 0 Å². The molecular formula is C24H14N2. The monoisotopic (exact) mass is 330 g/mol. The predicted octanol–water partition coefficient (Wildman–Crippen LogP) is 6.24. The maximum Gasteiger partial charge on any atom is 0.0795 e.